The molecule has 0 radical (unpaired) electrons. The fourth-order valence-electron chi connectivity index (χ4n) is 3.71. The smallest absolute Gasteiger partial charge is 0.293 e. The summed E-state index contributed by atoms with van der Waals surface area (Å²) < 4.78 is 2.19. The van der Waals surface area contributed by atoms with Crippen molar-refractivity contribution in [1.82, 2.24) is 9.47 Å². The molecular formula is C23H22N2O2S. The topological polar surface area (TPSA) is 42.3 Å². The van der Waals surface area contributed by atoms with Gasteiger partial charge in [-0.25, -0.2) is 0 Å². The molecule has 1 aromatic heterocycles. The Bertz CT molecular complexity index is 1140. The molecule has 0 bridgehead atoms. The van der Waals surface area contributed by atoms with Gasteiger partial charge in [-0.05, 0) is 80.1 Å². The zero-order valence-electron chi connectivity index (χ0n) is 16.4. The van der Waals surface area contributed by atoms with Crippen molar-refractivity contribution in [3.05, 3.63) is 70.4 Å². The van der Waals surface area contributed by atoms with Crippen LogP contribution in [0.2, 0.25) is 0 Å². The summed E-state index contributed by atoms with van der Waals surface area (Å²) >= 11 is 1.02. The number of aryl methyl sites for hydroxylation is 1. The molecular weight excluding hydrogens is 368 g/mol. The van der Waals surface area contributed by atoms with Crippen molar-refractivity contribution in [1.29, 1.82) is 0 Å². The Morgan fingerprint density at radius 1 is 0.964 bits per heavy atom. The van der Waals surface area contributed by atoms with E-state index in [9.17, 15) is 9.59 Å². The van der Waals surface area contributed by atoms with Gasteiger partial charge in [0.15, 0.2) is 0 Å². The van der Waals surface area contributed by atoms with E-state index in [1.54, 1.807) is 0 Å². The highest BCUT2D eigenvalue weighted by Crippen LogP contribution is 2.35. The van der Waals surface area contributed by atoms with Crippen molar-refractivity contribution in [3.8, 4) is 5.69 Å². The van der Waals surface area contributed by atoms with Gasteiger partial charge in [-0.3, -0.25) is 14.5 Å². The number of rotatable bonds is 3. The van der Waals surface area contributed by atoms with Crippen molar-refractivity contribution < 1.29 is 9.59 Å². The second-order valence-electron chi connectivity index (χ2n) is 7.34. The largest absolute Gasteiger partial charge is 0.318 e. The monoisotopic (exact) mass is 390 g/mol. The van der Waals surface area contributed by atoms with E-state index in [-0.39, 0.29) is 17.2 Å². The lowest BCUT2D eigenvalue weighted by atomic mass is 10.1. The third-order valence-corrected chi connectivity index (χ3v) is 5.97. The third kappa shape index (κ3) is 3.06. The fraction of sp³-hybridized carbons (Fsp3) is 0.217. The van der Waals surface area contributed by atoms with Gasteiger partial charge >= 0.3 is 0 Å². The lowest BCUT2D eigenvalue weighted by Crippen LogP contribution is -2.34. The Kier molecular flexibility index (Phi) is 4.63. The molecule has 2 aromatic carbocycles. The molecule has 2 heterocycles. The van der Waals surface area contributed by atoms with Crippen molar-refractivity contribution in [2.24, 2.45) is 0 Å². The summed E-state index contributed by atoms with van der Waals surface area (Å²) in [5, 5.41) is 2.19. The molecule has 0 spiro atoms. The molecule has 5 heteroatoms. The number of aromatic nitrogens is 1. The number of nitrogens with zero attached hydrogens (tertiary/aromatic N) is 2. The van der Waals surface area contributed by atoms with E-state index in [4.69, 9.17) is 0 Å². The van der Waals surface area contributed by atoms with Crippen LogP contribution in [0.1, 0.15) is 30.8 Å². The van der Waals surface area contributed by atoms with Crippen LogP contribution in [0.3, 0.4) is 0 Å². The molecule has 1 fully saturated rings. The normalized spacial score (nSPS) is 16.2. The first-order valence-corrected chi connectivity index (χ1v) is 10.1. The molecule has 0 unspecified atom stereocenters. The van der Waals surface area contributed by atoms with E-state index in [0.717, 1.165) is 34.4 Å². The van der Waals surface area contributed by atoms with Crippen LogP contribution in [-0.4, -0.2) is 26.7 Å². The van der Waals surface area contributed by atoms with E-state index in [0.29, 0.717) is 4.91 Å². The maximum atomic E-state index is 12.6. The predicted octanol–water partition coefficient (Wildman–Crippen LogP) is 5.69. The van der Waals surface area contributed by atoms with Gasteiger partial charge in [-0.15, -0.1) is 0 Å². The predicted molar refractivity (Wildman–Crippen MR) is 116 cm³/mol. The molecule has 4 nitrogen and oxygen atoms in total. The van der Waals surface area contributed by atoms with Gasteiger partial charge in [-0.2, -0.15) is 0 Å². The summed E-state index contributed by atoms with van der Waals surface area (Å²) in [5.41, 5.74) is 4.18. The molecule has 2 amide bonds. The summed E-state index contributed by atoms with van der Waals surface area (Å²) in [6.07, 6.45) is 1.84. The Labute approximate surface area is 168 Å². The van der Waals surface area contributed by atoms with Gasteiger partial charge in [0.1, 0.15) is 0 Å². The lowest BCUT2D eigenvalue weighted by Gasteiger charge is -2.16. The number of benzene rings is 2. The molecule has 0 N–H and O–H groups in total. The summed E-state index contributed by atoms with van der Waals surface area (Å²) in [5.74, 6) is -0.208. The average Bonchev–Trinajstić information content (AvgIpc) is 3.09. The van der Waals surface area contributed by atoms with Crippen molar-refractivity contribution in [2.45, 2.75) is 33.7 Å². The van der Waals surface area contributed by atoms with E-state index in [2.05, 4.69) is 47.9 Å². The van der Waals surface area contributed by atoms with E-state index in [1.807, 2.05) is 39.0 Å². The number of fused-ring (bicyclic) bond motifs is 1. The second-order valence-corrected chi connectivity index (χ2v) is 8.33. The number of carbonyl (C=O) groups is 2. The summed E-state index contributed by atoms with van der Waals surface area (Å²) in [7, 11) is 0. The van der Waals surface area contributed by atoms with E-state index < -0.39 is 0 Å². The standard InChI is InChI=1S/C23H22N2O2S/c1-14(2)24-22(26)21(28-23(24)27)13-19-11-15(3)25(16(19)4)20-10-9-17-7-5-6-8-18(17)12-20/h5-14H,1-4H3/b21-13-. The van der Waals surface area contributed by atoms with Crippen LogP contribution in [0.15, 0.2) is 53.4 Å². The highest BCUT2D eigenvalue weighted by atomic mass is 32.2. The minimum atomic E-state index is -0.208. The molecule has 3 aromatic rings. The highest BCUT2D eigenvalue weighted by Gasteiger charge is 2.36. The Morgan fingerprint density at radius 3 is 2.36 bits per heavy atom. The molecule has 1 saturated heterocycles. The second kappa shape index (κ2) is 6.99. The first-order valence-electron chi connectivity index (χ1n) is 9.32. The average molecular weight is 391 g/mol. The maximum absolute atomic E-state index is 12.6. The van der Waals surface area contributed by atoms with Crippen molar-refractivity contribution in [3.63, 3.8) is 0 Å². The maximum Gasteiger partial charge on any atom is 0.293 e. The van der Waals surface area contributed by atoms with E-state index in [1.165, 1.54) is 15.7 Å². The Balaban J connectivity index is 1.76. The lowest BCUT2D eigenvalue weighted by molar-refractivity contribution is -0.123. The molecule has 4 rings (SSSR count). The van der Waals surface area contributed by atoms with Crippen LogP contribution < -0.4 is 0 Å². The third-order valence-electron chi connectivity index (χ3n) is 5.09. The first kappa shape index (κ1) is 18.6. The Morgan fingerprint density at radius 2 is 1.68 bits per heavy atom. The summed E-state index contributed by atoms with van der Waals surface area (Å²) in [6, 6.07) is 16.6. The molecule has 1 aliphatic rings. The first-order chi connectivity index (χ1) is 13.4. The van der Waals surface area contributed by atoms with Crippen LogP contribution in [-0.2, 0) is 4.79 Å². The molecule has 142 valence electrons. The van der Waals surface area contributed by atoms with Crippen molar-refractivity contribution >= 4 is 39.8 Å². The summed E-state index contributed by atoms with van der Waals surface area (Å²) in [6.45, 7) is 7.80. The van der Waals surface area contributed by atoms with Gasteiger partial charge in [0.2, 0.25) is 0 Å². The van der Waals surface area contributed by atoms with Crippen LogP contribution >= 0.6 is 11.8 Å². The van der Waals surface area contributed by atoms with Crippen LogP contribution in [0.4, 0.5) is 4.79 Å². The van der Waals surface area contributed by atoms with Gasteiger partial charge in [0, 0.05) is 23.1 Å². The molecule has 0 saturated carbocycles. The molecule has 0 aliphatic carbocycles. The quantitative estimate of drug-likeness (QED) is 0.539. The number of carbonyl (C=O) groups excluding carboxylic acids is 2. The minimum Gasteiger partial charge on any atom is -0.318 e. The van der Waals surface area contributed by atoms with Crippen LogP contribution in [0, 0.1) is 13.8 Å². The zero-order chi connectivity index (χ0) is 20.0. The molecule has 1 aliphatic heterocycles. The highest BCUT2D eigenvalue weighted by molar-refractivity contribution is 8.18. The van der Waals surface area contributed by atoms with E-state index >= 15 is 0 Å². The minimum absolute atomic E-state index is 0.136. The number of hydrogen-bond acceptors (Lipinski definition) is 3. The number of amides is 2. The number of imide groups is 1. The number of hydrogen-bond donors (Lipinski definition) is 0. The summed E-state index contributed by atoms with van der Waals surface area (Å²) in [4.78, 5) is 26.5. The van der Waals surface area contributed by atoms with Gasteiger partial charge in [0.05, 0.1) is 4.91 Å². The number of thioether (sulfide) groups is 1. The molecule has 28 heavy (non-hydrogen) atoms. The molecule has 0 atom stereocenters. The fourth-order valence-corrected chi connectivity index (χ4v) is 4.66. The van der Waals surface area contributed by atoms with Gasteiger partial charge < -0.3 is 4.57 Å². The van der Waals surface area contributed by atoms with Crippen LogP contribution in [0.25, 0.3) is 22.5 Å². The van der Waals surface area contributed by atoms with Gasteiger partial charge in [0.25, 0.3) is 11.1 Å². The SMILES string of the molecule is Cc1cc(/C=C2\SC(=O)N(C(C)C)C2=O)c(C)n1-c1ccc2ccccc2c1. The Hall–Kier alpha value is -2.79. The zero-order valence-corrected chi connectivity index (χ0v) is 17.2. The van der Waals surface area contributed by atoms with Gasteiger partial charge in [-0.1, -0.05) is 30.3 Å². The van der Waals surface area contributed by atoms with Crippen molar-refractivity contribution in [2.75, 3.05) is 0 Å². The van der Waals surface area contributed by atoms with Crippen LogP contribution in [0.5, 0.6) is 0 Å².